The summed E-state index contributed by atoms with van der Waals surface area (Å²) in [7, 11) is 0. The molecule has 6 heteroatoms. The first-order chi connectivity index (χ1) is 3.85. The van der Waals surface area contributed by atoms with Crippen molar-refractivity contribution in [2.24, 2.45) is 0 Å². The molecular weight excluding hydrogens is 199 g/mol. The van der Waals surface area contributed by atoms with E-state index in [1.807, 2.05) is 0 Å². The minimum Gasteiger partial charge on any atom is -0.209 e. The van der Waals surface area contributed by atoms with Crippen LogP contribution in [-0.4, -0.2) is 16.4 Å². The minimum absolute atomic E-state index is 2.18. The largest absolute Gasteiger partial charge is 0.279 e. The first kappa shape index (κ1) is 9.66. The highest BCUT2D eigenvalue weighted by Crippen LogP contribution is 2.34. The van der Waals surface area contributed by atoms with Gasteiger partial charge in [0, 0.05) is 0 Å². The Balaban J connectivity index is 3.88. The van der Waals surface area contributed by atoms with Gasteiger partial charge in [0.2, 0.25) is 0 Å². The maximum Gasteiger partial charge on any atom is 0.279 e. The molecule has 0 aromatic carbocycles. The molecule has 0 amide bonds. The molecule has 1 atom stereocenters. The van der Waals surface area contributed by atoms with Crippen molar-refractivity contribution in [2.45, 2.75) is 16.4 Å². The molecule has 0 aromatic rings. The highest BCUT2D eigenvalue weighted by molar-refractivity contribution is 6.51. The van der Waals surface area contributed by atoms with Gasteiger partial charge in [0.1, 0.15) is 0 Å². The zero-order valence-electron chi connectivity index (χ0n) is 3.92. The normalized spacial score (nSPS) is 16.3. The molecular formula is C3H2Cl3F3. The first-order valence-electron chi connectivity index (χ1n) is 1.84. The van der Waals surface area contributed by atoms with Crippen LogP contribution < -0.4 is 0 Å². The summed E-state index contributed by atoms with van der Waals surface area (Å²) in [5.74, 6) is 0. The number of hydrogen-bond donors (Lipinski definition) is 0. The Morgan fingerprint density at radius 2 is 1.56 bits per heavy atom. The lowest BCUT2D eigenvalue weighted by atomic mass is 10.5. The van der Waals surface area contributed by atoms with Gasteiger partial charge in [-0.2, -0.15) is 0 Å². The van der Waals surface area contributed by atoms with Gasteiger partial charge in [0.05, 0.1) is 0 Å². The summed E-state index contributed by atoms with van der Waals surface area (Å²) in [5.41, 5.74) is 0. The molecule has 0 aliphatic rings. The van der Waals surface area contributed by atoms with E-state index in [1.165, 1.54) is 0 Å². The molecule has 1 unspecified atom stereocenters. The van der Waals surface area contributed by atoms with Crippen molar-refractivity contribution in [1.29, 1.82) is 0 Å². The zero-order valence-corrected chi connectivity index (χ0v) is 6.19. The SMILES string of the molecule is FC(F)C(Cl)C(F)(Cl)Cl. The molecule has 0 nitrogen and oxygen atoms in total. The second kappa shape index (κ2) is 3.17. The molecule has 0 fully saturated rings. The van der Waals surface area contributed by atoms with Crippen molar-refractivity contribution in [3.63, 3.8) is 0 Å². The van der Waals surface area contributed by atoms with Gasteiger partial charge in [0.25, 0.3) is 11.0 Å². The summed E-state index contributed by atoms with van der Waals surface area (Å²) in [6, 6.07) is 0. The van der Waals surface area contributed by atoms with Crippen LogP contribution in [0.5, 0.6) is 0 Å². The number of alkyl halides is 6. The van der Waals surface area contributed by atoms with E-state index in [2.05, 4.69) is 23.2 Å². The fourth-order valence-electron chi connectivity index (χ4n) is 0.143. The molecule has 0 saturated carbocycles. The Hall–Kier alpha value is 0.660. The monoisotopic (exact) mass is 200 g/mol. The molecule has 0 radical (unpaired) electrons. The Morgan fingerprint density at radius 3 is 1.56 bits per heavy atom. The molecule has 0 aliphatic heterocycles. The smallest absolute Gasteiger partial charge is 0.209 e. The van der Waals surface area contributed by atoms with E-state index in [4.69, 9.17) is 11.6 Å². The molecule has 0 heterocycles. The van der Waals surface area contributed by atoms with Crippen molar-refractivity contribution in [3.05, 3.63) is 0 Å². The molecule has 56 valence electrons. The fourth-order valence-corrected chi connectivity index (χ4v) is 0.333. The second-order valence-corrected chi connectivity index (χ2v) is 3.04. The Labute approximate surface area is 64.9 Å². The molecule has 0 spiro atoms. The maximum absolute atomic E-state index is 12.0. The van der Waals surface area contributed by atoms with E-state index >= 15 is 0 Å². The third-order valence-electron chi connectivity index (χ3n) is 0.534. The van der Waals surface area contributed by atoms with E-state index in [9.17, 15) is 13.2 Å². The van der Waals surface area contributed by atoms with Crippen LogP contribution in [0.15, 0.2) is 0 Å². The molecule has 0 bridgehead atoms. The molecule has 0 aliphatic carbocycles. The fraction of sp³-hybridized carbons (Fsp3) is 1.00. The molecule has 9 heavy (non-hydrogen) atoms. The summed E-state index contributed by atoms with van der Waals surface area (Å²) >= 11 is 13.8. The van der Waals surface area contributed by atoms with Gasteiger partial charge in [-0.05, 0) is 0 Å². The lowest BCUT2D eigenvalue weighted by molar-refractivity contribution is 0.115. The lowest BCUT2D eigenvalue weighted by Gasteiger charge is -2.14. The van der Waals surface area contributed by atoms with E-state index in [0.29, 0.717) is 0 Å². The van der Waals surface area contributed by atoms with Crippen molar-refractivity contribution in [1.82, 2.24) is 0 Å². The third-order valence-corrected chi connectivity index (χ3v) is 1.72. The quantitative estimate of drug-likeness (QED) is 0.603. The number of halogens is 6. The minimum atomic E-state index is -3.06. The second-order valence-electron chi connectivity index (χ2n) is 1.28. The van der Waals surface area contributed by atoms with E-state index in [1.54, 1.807) is 0 Å². The predicted molar refractivity (Wildman–Crippen MR) is 31.2 cm³/mol. The van der Waals surface area contributed by atoms with E-state index in [-0.39, 0.29) is 0 Å². The van der Waals surface area contributed by atoms with Gasteiger partial charge < -0.3 is 0 Å². The summed E-state index contributed by atoms with van der Waals surface area (Å²) in [6.45, 7) is 0. The van der Waals surface area contributed by atoms with Gasteiger partial charge in [0.15, 0.2) is 5.38 Å². The third kappa shape index (κ3) is 3.38. The van der Waals surface area contributed by atoms with Crippen molar-refractivity contribution in [3.8, 4) is 0 Å². The van der Waals surface area contributed by atoms with Crippen LogP contribution in [0.2, 0.25) is 0 Å². The van der Waals surface area contributed by atoms with Crippen LogP contribution >= 0.6 is 34.8 Å². The van der Waals surface area contributed by atoms with Crippen molar-refractivity contribution < 1.29 is 13.2 Å². The van der Waals surface area contributed by atoms with Crippen LogP contribution in [0.1, 0.15) is 0 Å². The topological polar surface area (TPSA) is 0 Å². The Kier molecular flexibility index (Phi) is 3.40. The first-order valence-corrected chi connectivity index (χ1v) is 3.04. The van der Waals surface area contributed by atoms with Gasteiger partial charge in [-0.15, -0.1) is 11.6 Å². The number of hydrogen-bond acceptors (Lipinski definition) is 0. The lowest BCUT2D eigenvalue weighted by Crippen LogP contribution is -2.27. The van der Waals surface area contributed by atoms with Crippen molar-refractivity contribution >= 4 is 34.8 Å². The highest BCUT2D eigenvalue weighted by Gasteiger charge is 2.39. The number of rotatable bonds is 2. The van der Waals surface area contributed by atoms with Crippen LogP contribution in [-0.2, 0) is 0 Å². The van der Waals surface area contributed by atoms with E-state index in [0.717, 1.165) is 0 Å². The predicted octanol–water partition coefficient (Wildman–Crippen LogP) is 2.96. The van der Waals surface area contributed by atoms with Crippen LogP contribution in [0.25, 0.3) is 0 Å². The Morgan fingerprint density at radius 1 is 1.22 bits per heavy atom. The van der Waals surface area contributed by atoms with Gasteiger partial charge in [-0.3, -0.25) is 0 Å². The molecule has 0 saturated heterocycles. The van der Waals surface area contributed by atoms with Crippen LogP contribution in [0, 0.1) is 0 Å². The zero-order chi connectivity index (χ0) is 7.65. The van der Waals surface area contributed by atoms with Crippen LogP contribution in [0.3, 0.4) is 0 Å². The molecule has 0 rings (SSSR count). The summed E-state index contributed by atoms with van der Waals surface area (Å²) < 4.78 is 31.7. The Bertz CT molecular complexity index is 88.8. The van der Waals surface area contributed by atoms with E-state index < -0.39 is 16.4 Å². The highest BCUT2D eigenvalue weighted by atomic mass is 35.5. The molecule has 0 N–H and O–H groups in total. The summed E-state index contributed by atoms with van der Waals surface area (Å²) in [5, 5.41) is -2.18. The van der Waals surface area contributed by atoms with Gasteiger partial charge in [-0.1, -0.05) is 23.2 Å². The average Bonchev–Trinajstić information content (AvgIpc) is 1.62. The summed E-state index contributed by atoms with van der Waals surface area (Å²) in [6.07, 6.45) is -3.06. The van der Waals surface area contributed by atoms with Gasteiger partial charge >= 0.3 is 0 Å². The summed E-state index contributed by atoms with van der Waals surface area (Å²) in [4.78, 5) is 0. The van der Waals surface area contributed by atoms with Gasteiger partial charge in [-0.25, -0.2) is 13.2 Å². The standard InChI is InChI=1S/C3H2Cl3F3/c4-1(2(7)8)3(5,6)9/h1-2H. The molecule has 0 aromatic heterocycles. The maximum atomic E-state index is 12.0. The average molecular weight is 201 g/mol. The van der Waals surface area contributed by atoms with Crippen LogP contribution in [0.4, 0.5) is 13.2 Å². The van der Waals surface area contributed by atoms with Crippen molar-refractivity contribution in [2.75, 3.05) is 0 Å².